The van der Waals surface area contributed by atoms with E-state index in [9.17, 15) is 4.79 Å². The lowest BCUT2D eigenvalue weighted by atomic mass is 10.00. The molecular weight excluding hydrogens is 390 g/mol. The Hall–Kier alpha value is -2.97. The zero-order valence-electron chi connectivity index (χ0n) is 15.9. The average molecular weight is 412 g/mol. The Morgan fingerprint density at radius 1 is 1.28 bits per heavy atom. The quantitative estimate of drug-likeness (QED) is 0.474. The number of H-pyrrole nitrogens is 1. The number of tetrazole rings is 1. The van der Waals surface area contributed by atoms with Gasteiger partial charge >= 0.3 is 0 Å². The molecule has 1 atom stereocenters. The van der Waals surface area contributed by atoms with Crippen LogP contribution in [0, 0.1) is 0 Å². The summed E-state index contributed by atoms with van der Waals surface area (Å²) in [7, 11) is 1.62. The van der Waals surface area contributed by atoms with Crippen LogP contribution in [0.4, 0.5) is 5.69 Å². The molecule has 0 saturated heterocycles. The van der Waals surface area contributed by atoms with Crippen molar-refractivity contribution >= 4 is 23.2 Å². The molecule has 1 aromatic heterocycles. The molecule has 4 rings (SSSR count). The third-order valence-electron chi connectivity index (χ3n) is 4.98. The van der Waals surface area contributed by atoms with E-state index in [0.29, 0.717) is 23.3 Å². The van der Waals surface area contributed by atoms with E-state index in [4.69, 9.17) is 17.3 Å². The monoisotopic (exact) mass is 411 g/mol. The molecular formula is C20H22ClN7O. The fraction of sp³-hybridized carbons (Fsp3) is 0.300. The molecule has 9 heteroatoms. The van der Waals surface area contributed by atoms with Crippen molar-refractivity contribution in [3.05, 3.63) is 58.1 Å². The molecule has 0 bridgehead atoms. The maximum atomic E-state index is 12.7. The van der Waals surface area contributed by atoms with Crippen molar-refractivity contribution in [2.45, 2.75) is 31.3 Å². The summed E-state index contributed by atoms with van der Waals surface area (Å²) in [5.74, 6) is 0.829. The van der Waals surface area contributed by atoms with Crippen LogP contribution >= 0.6 is 11.6 Å². The third kappa shape index (κ3) is 4.38. The highest BCUT2D eigenvalue weighted by atomic mass is 35.5. The van der Waals surface area contributed by atoms with Crippen molar-refractivity contribution in [3.8, 4) is 11.4 Å². The Labute approximate surface area is 173 Å². The molecule has 2 aromatic carbocycles. The van der Waals surface area contributed by atoms with Crippen LogP contribution in [-0.4, -0.2) is 33.6 Å². The van der Waals surface area contributed by atoms with Gasteiger partial charge in [-0.3, -0.25) is 4.79 Å². The molecule has 1 amide bonds. The van der Waals surface area contributed by atoms with E-state index in [1.54, 1.807) is 7.05 Å². The van der Waals surface area contributed by atoms with Crippen LogP contribution in [-0.2, 0) is 11.3 Å². The first kappa shape index (κ1) is 19.4. The number of rotatable bonds is 7. The summed E-state index contributed by atoms with van der Waals surface area (Å²) in [6.07, 6.45) is 2.31. The molecule has 0 radical (unpaired) electrons. The number of nitrogens with two attached hydrogens (primary N) is 1. The largest absolute Gasteiger partial charge is 0.370 e. The van der Waals surface area contributed by atoms with Gasteiger partial charge in [0.15, 0.2) is 0 Å². The van der Waals surface area contributed by atoms with Gasteiger partial charge in [0.1, 0.15) is 6.04 Å². The van der Waals surface area contributed by atoms with Crippen molar-refractivity contribution in [2.75, 3.05) is 12.4 Å². The topological polar surface area (TPSA) is 122 Å². The van der Waals surface area contributed by atoms with Gasteiger partial charge in [-0.25, -0.2) is 0 Å². The van der Waals surface area contributed by atoms with Crippen LogP contribution in [0.3, 0.4) is 0 Å². The number of hydrogen-bond acceptors (Lipinski definition) is 6. The molecule has 5 N–H and O–H groups in total. The van der Waals surface area contributed by atoms with E-state index in [-0.39, 0.29) is 5.91 Å². The van der Waals surface area contributed by atoms with E-state index in [2.05, 4.69) is 37.3 Å². The normalized spacial score (nSPS) is 14.4. The van der Waals surface area contributed by atoms with Gasteiger partial charge in [-0.1, -0.05) is 17.7 Å². The lowest BCUT2D eigenvalue weighted by molar-refractivity contribution is -0.121. The number of benzene rings is 2. The van der Waals surface area contributed by atoms with Gasteiger partial charge in [0.2, 0.25) is 11.7 Å². The number of aromatic amines is 1. The lowest BCUT2D eigenvalue weighted by Crippen LogP contribution is -2.31. The van der Waals surface area contributed by atoms with Crippen LogP contribution in [0.1, 0.15) is 41.5 Å². The first-order chi connectivity index (χ1) is 14.1. The molecule has 3 aromatic rings. The molecule has 29 heavy (non-hydrogen) atoms. The second-order valence-corrected chi connectivity index (χ2v) is 7.58. The lowest BCUT2D eigenvalue weighted by Gasteiger charge is -2.21. The number of nitrogens with zero attached hydrogens (tertiary/aromatic N) is 3. The first-order valence-electron chi connectivity index (χ1n) is 9.43. The Kier molecular flexibility index (Phi) is 5.46. The fourth-order valence-corrected chi connectivity index (χ4v) is 3.62. The zero-order chi connectivity index (χ0) is 20.4. The minimum Gasteiger partial charge on any atom is -0.370 e. The predicted octanol–water partition coefficient (Wildman–Crippen LogP) is 2.76. The van der Waals surface area contributed by atoms with Crippen LogP contribution in [0.2, 0.25) is 5.02 Å². The first-order valence-corrected chi connectivity index (χ1v) is 9.81. The Balaban J connectivity index is 1.71. The smallest absolute Gasteiger partial charge is 0.246 e. The zero-order valence-corrected chi connectivity index (χ0v) is 16.7. The van der Waals surface area contributed by atoms with Crippen molar-refractivity contribution in [1.82, 2.24) is 25.9 Å². The molecule has 1 heterocycles. The minimum absolute atomic E-state index is 0.159. The number of likely N-dealkylation sites (N-methyl/N-ethyl adjacent to an activating group) is 1. The van der Waals surface area contributed by atoms with Gasteiger partial charge < -0.3 is 16.4 Å². The molecule has 1 aliphatic carbocycles. The van der Waals surface area contributed by atoms with Crippen LogP contribution in [0.25, 0.3) is 11.4 Å². The van der Waals surface area contributed by atoms with Gasteiger partial charge in [-0.05, 0) is 71.0 Å². The van der Waals surface area contributed by atoms with E-state index in [1.807, 2.05) is 30.3 Å². The molecule has 1 aliphatic rings. The van der Waals surface area contributed by atoms with E-state index in [1.165, 1.54) is 5.56 Å². The summed E-state index contributed by atoms with van der Waals surface area (Å²) < 4.78 is 0. The minimum atomic E-state index is -0.609. The summed E-state index contributed by atoms with van der Waals surface area (Å²) in [5, 5.41) is 20.8. The molecule has 0 aliphatic heterocycles. The van der Waals surface area contributed by atoms with Gasteiger partial charge in [-0.15, -0.1) is 10.2 Å². The number of carbonyl (C=O) groups excluding carboxylic acids is 1. The second kappa shape index (κ2) is 8.18. The Morgan fingerprint density at radius 2 is 2.10 bits per heavy atom. The van der Waals surface area contributed by atoms with Crippen molar-refractivity contribution in [3.63, 3.8) is 0 Å². The molecule has 0 unspecified atom stereocenters. The Bertz CT molecular complexity index is 1020. The van der Waals surface area contributed by atoms with Gasteiger partial charge in [-0.2, -0.15) is 5.21 Å². The van der Waals surface area contributed by atoms with Crippen molar-refractivity contribution in [2.24, 2.45) is 5.73 Å². The number of nitrogens with one attached hydrogen (secondary N) is 3. The van der Waals surface area contributed by atoms with Gasteiger partial charge in [0.25, 0.3) is 0 Å². The van der Waals surface area contributed by atoms with Crippen LogP contribution in [0.5, 0.6) is 0 Å². The molecule has 1 fully saturated rings. The standard InChI is InChI=1S/C20H22ClN7O/c1-23-20(29)18(14-6-13(12-2-3-12)7-16(21)8-14)24-17-5-11(10-22)4-15(9-17)19-25-27-28-26-19/h4-9,12,18,24H,2-3,10,22H2,1H3,(H,23,29)(H,25,26,27,28)/t18-/m1/s1. The van der Waals surface area contributed by atoms with E-state index in [0.717, 1.165) is 35.2 Å². The van der Waals surface area contributed by atoms with Gasteiger partial charge in [0.05, 0.1) is 0 Å². The molecule has 150 valence electrons. The summed E-state index contributed by atoms with van der Waals surface area (Å²) >= 11 is 6.35. The summed E-state index contributed by atoms with van der Waals surface area (Å²) in [6.45, 7) is 0.341. The third-order valence-corrected chi connectivity index (χ3v) is 5.19. The SMILES string of the molecule is CNC(=O)[C@H](Nc1cc(CN)cc(-c2nn[nH]n2)c1)c1cc(Cl)cc(C2CC2)c1. The van der Waals surface area contributed by atoms with Crippen LogP contribution in [0.15, 0.2) is 36.4 Å². The maximum absolute atomic E-state index is 12.7. The molecule has 8 nitrogen and oxygen atoms in total. The van der Waals surface area contributed by atoms with Gasteiger partial charge in [0, 0.05) is 29.9 Å². The number of aromatic nitrogens is 4. The number of amides is 1. The molecule has 1 saturated carbocycles. The molecule has 0 spiro atoms. The highest BCUT2D eigenvalue weighted by Crippen LogP contribution is 2.42. The number of hydrogen-bond donors (Lipinski definition) is 4. The maximum Gasteiger partial charge on any atom is 0.246 e. The average Bonchev–Trinajstić information content (AvgIpc) is 3.44. The number of carbonyl (C=O) groups is 1. The number of anilines is 1. The van der Waals surface area contributed by atoms with E-state index < -0.39 is 6.04 Å². The summed E-state index contributed by atoms with van der Waals surface area (Å²) in [5.41, 5.74) is 10.2. The van der Waals surface area contributed by atoms with Crippen LogP contribution < -0.4 is 16.4 Å². The van der Waals surface area contributed by atoms with Crippen molar-refractivity contribution < 1.29 is 4.79 Å². The Morgan fingerprint density at radius 3 is 2.76 bits per heavy atom. The predicted molar refractivity (Wildman–Crippen MR) is 111 cm³/mol. The summed E-state index contributed by atoms with van der Waals surface area (Å²) in [4.78, 5) is 12.7. The highest BCUT2D eigenvalue weighted by molar-refractivity contribution is 6.30. The van der Waals surface area contributed by atoms with E-state index >= 15 is 0 Å². The highest BCUT2D eigenvalue weighted by Gasteiger charge is 2.27. The summed E-state index contributed by atoms with van der Waals surface area (Å²) in [6, 6.07) is 10.9. The number of halogens is 1. The fourth-order valence-electron chi connectivity index (χ4n) is 3.37. The van der Waals surface area contributed by atoms with Crippen molar-refractivity contribution in [1.29, 1.82) is 0 Å². The second-order valence-electron chi connectivity index (χ2n) is 7.14.